The van der Waals surface area contributed by atoms with Crippen LogP contribution in [0.1, 0.15) is 20.3 Å². The fraction of sp³-hybridized carbons (Fsp3) is 0.364. The maximum Gasteiger partial charge on any atom is 0.224 e. The number of anilines is 2. The van der Waals surface area contributed by atoms with Crippen molar-refractivity contribution < 1.29 is 4.79 Å². The Hall–Kier alpha value is -1.03. The highest BCUT2D eigenvalue weighted by atomic mass is 79.9. The highest BCUT2D eigenvalue weighted by molar-refractivity contribution is 9.10. The summed E-state index contributed by atoms with van der Waals surface area (Å²) in [7, 11) is 0. The molecule has 0 heterocycles. The number of carbonyl (C=O) groups is 1. The van der Waals surface area contributed by atoms with Gasteiger partial charge in [-0.05, 0) is 40.0 Å². The molecule has 0 saturated heterocycles. The maximum absolute atomic E-state index is 11.5. The van der Waals surface area contributed by atoms with Crippen LogP contribution in [0.25, 0.3) is 0 Å². The van der Waals surface area contributed by atoms with Gasteiger partial charge in [0.15, 0.2) is 0 Å². The Morgan fingerprint density at radius 3 is 2.80 bits per heavy atom. The van der Waals surface area contributed by atoms with Crippen molar-refractivity contribution >= 4 is 33.2 Å². The number of nitrogens with one attached hydrogen (secondary N) is 1. The van der Waals surface area contributed by atoms with E-state index in [1.807, 2.05) is 19.9 Å². The third-order valence-corrected chi connectivity index (χ3v) is 2.55. The van der Waals surface area contributed by atoms with Crippen molar-refractivity contribution in [3.05, 3.63) is 22.7 Å². The predicted molar refractivity (Wildman–Crippen MR) is 66.6 cm³/mol. The lowest BCUT2D eigenvalue weighted by atomic mass is 10.1. The van der Waals surface area contributed by atoms with Crippen LogP contribution in [0, 0.1) is 5.92 Å². The molecule has 1 rings (SSSR count). The molecule has 3 N–H and O–H groups in total. The summed E-state index contributed by atoms with van der Waals surface area (Å²) < 4.78 is 0.841. The third kappa shape index (κ3) is 3.91. The molecule has 82 valence electrons. The molecule has 15 heavy (non-hydrogen) atoms. The topological polar surface area (TPSA) is 55.1 Å². The second-order valence-electron chi connectivity index (χ2n) is 3.89. The van der Waals surface area contributed by atoms with Crippen molar-refractivity contribution in [1.82, 2.24) is 0 Å². The Morgan fingerprint density at radius 1 is 1.53 bits per heavy atom. The van der Waals surface area contributed by atoms with Crippen LogP contribution in [0.3, 0.4) is 0 Å². The quantitative estimate of drug-likeness (QED) is 0.830. The predicted octanol–water partition coefficient (Wildman–Crippen LogP) is 3.02. The van der Waals surface area contributed by atoms with Crippen molar-refractivity contribution in [2.24, 2.45) is 5.92 Å². The molecule has 0 radical (unpaired) electrons. The van der Waals surface area contributed by atoms with Gasteiger partial charge in [0.2, 0.25) is 5.91 Å². The first-order chi connectivity index (χ1) is 6.99. The van der Waals surface area contributed by atoms with Crippen LogP contribution < -0.4 is 11.1 Å². The average Bonchev–Trinajstić information content (AvgIpc) is 2.10. The Kier molecular flexibility index (Phi) is 4.15. The fourth-order valence-electron chi connectivity index (χ4n) is 1.21. The molecule has 0 unspecified atom stereocenters. The lowest BCUT2D eigenvalue weighted by Gasteiger charge is -2.09. The standard InChI is InChI=1S/C11H15BrN2O/c1-7(2)5-11(15)14-10-6-8(13)3-4-9(10)12/h3-4,6-7H,5,13H2,1-2H3,(H,14,15). The van der Waals surface area contributed by atoms with Crippen LogP contribution in [0.5, 0.6) is 0 Å². The summed E-state index contributed by atoms with van der Waals surface area (Å²) in [5.74, 6) is 0.362. The summed E-state index contributed by atoms with van der Waals surface area (Å²) >= 11 is 3.35. The van der Waals surface area contributed by atoms with Gasteiger partial charge in [0, 0.05) is 16.6 Å². The van der Waals surface area contributed by atoms with E-state index in [0.717, 1.165) is 10.2 Å². The van der Waals surface area contributed by atoms with Crippen molar-refractivity contribution in [3.63, 3.8) is 0 Å². The molecule has 0 fully saturated rings. The largest absolute Gasteiger partial charge is 0.399 e. The van der Waals surface area contributed by atoms with Gasteiger partial charge in [-0.3, -0.25) is 4.79 Å². The van der Waals surface area contributed by atoms with E-state index in [4.69, 9.17) is 5.73 Å². The summed E-state index contributed by atoms with van der Waals surface area (Å²) in [6.45, 7) is 4.02. The molecule has 4 heteroatoms. The number of rotatable bonds is 3. The van der Waals surface area contributed by atoms with E-state index in [1.54, 1.807) is 12.1 Å². The number of hydrogen-bond donors (Lipinski definition) is 2. The first-order valence-corrected chi connectivity index (χ1v) is 5.63. The molecular formula is C11H15BrN2O. The Morgan fingerprint density at radius 2 is 2.20 bits per heavy atom. The smallest absolute Gasteiger partial charge is 0.224 e. The van der Waals surface area contributed by atoms with E-state index in [1.165, 1.54) is 0 Å². The molecule has 0 aromatic heterocycles. The Bertz CT molecular complexity index is 364. The minimum absolute atomic E-state index is 0.0105. The lowest BCUT2D eigenvalue weighted by Crippen LogP contribution is -2.14. The molecule has 0 atom stereocenters. The second-order valence-corrected chi connectivity index (χ2v) is 4.74. The van der Waals surface area contributed by atoms with E-state index in [2.05, 4.69) is 21.2 Å². The minimum Gasteiger partial charge on any atom is -0.399 e. The summed E-state index contributed by atoms with van der Waals surface area (Å²) in [5, 5.41) is 2.82. The van der Waals surface area contributed by atoms with Crippen molar-refractivity contribution in [3.8, 4) is 0 Å². The van der Waals surface area contributed by atoms with Crippen LogP contribution in [-0.2, 0) is 4.79 Å². The first kappa shape index (κ1) is 12.0. The molecule has 1 aromatic carbocycles. The molecule has 1 aromatic rings. The summed E-state index contributed by atoms with van der Waals surface area (Å²) in [6, 6.07) is 5.34. The van der Waals surface area contributed by atoms with Crippen LogP contribution in [-0.4, -0.2) is 5.91 Å². The zero-order chi connectivity index (χ0) is 11.4. The van der Waals surface area contributed by atoms with Crippen molar-refractivity contribution in [2.75, 3.05) is 11.1 Å². The maximum atomic E-state index is 11.5. The average molecular weight is 271 g/mol. The lowest BCUT2D eigenvalue weighted by molar-refractivity contribution is -0.116. The van der Waals surface area contributed by atoms with Gasteiger partial charge in [0.1, 0.15) is 0 Å². The van der Waals surface area contributed by atoms with Crippen LogP contribution in [0.2, 0.25) is 0 Å². The van der Waals surface area contributed by atoms with Crippen LogP contribution in [0.4, 0.5) is 11.4 Å². The van der Waals surface area contributed by atoms with Crippen molar-refractivity contribution in [2.45, 2.75) is 20.3 Å². The number of hydrogen-bond acceptors (Lipinski definition) is 2. The molecular weight excluding hydrogens is 256 g/mol. The zero-order valence-electron chi connectivity index (χ0n) is 8.88. The number of nitrogen functional groups attached to an aromatic ring is 1. The summed E-state index contributed by atoms with van der Waals surface area (Å²) in [5.41, 5.74) is 6.99. The van der Waals surface area contributed by atoms with E-state index in [9.17, 15) is 4.79 Å². The van der Waals surface area contributed by atoms with Crippen LogP contribution in [0.15, 0.2) is 22.7 Å². The van der Waals surface area contributed by atoms with Gasteiger partial charge >= 0.3 is 0 Å². The highest BCUT2D eigenvalue weighted by Gasteiger charge is 2.07. The SMILES string of the molecule is CC(C)CC(=O)Nc1cc(N)ccc1Br. The van der Waals surface area contributed by atoms with Gasteiger partial charge in [-0.25, -0.2) is 0 Å². The number of halogens is 1. The van der Waals surface area contributed by atoms with Crippen LogP contribution >= 0.6 is 15.9 Å². The monoisotopic (exact) mass is 270 g/mol. The zero-order valence-corrected chi connectivity index (χ0v) is 10.5. The second kappa shape index (κ2) is 5.16. The molecule has 0 bridgehead atoms. The van der Waals surface area contributed by atoms with E-state index in [0.29, 0.717) is 18.0 Å². The number of amides is 1. The van der Waals surface area contributed by atoms with Gasteiger partial charge in [0.05, 0.1) is 5.69 Å². The Balaban J connectivity index is 2.71. The molecule has 0 aliphatic heterocycles. The van der Waals surface area contributed by atoms with E-state index in [-0.39, 0.29) is 5.91 Å². The van der Waals surface area contributed by atoms with E-state index >= 15 is 0 Å². The van der Waals surface area contributed by atoms with Gasteiger partial charge in [-0.1, -0.05) is 13.8 Å². The third-order valence-electron chi connectivity index (χ3n) is 1.86. The van der Waals surface area contributed by atoms with Gasteiger partial charge in [-0.15, -0.1) is 0 Å². The molecule has 0 saturated carbocycles. The molecule has 0 spiro atoms. The van der Waals surface area contributed by atoms with Gasteiger partial charge in [0.25, 0.3) is 0 Å². The molecule has 1 amide bonds. The summed E-state index contributed by atoms with van der Waals surface area (Å²) in [6.07, 6.45) is 0.515. The minimum atomic E-state index is 0.0105. The molecule has 0 aliphatic carbocycles. The van der Waals surface area contributed by atoms with Crippen molar-refractivity contribution in [1.29, 1.82) is 0 Å². The highest BCUT2D eigenvalue weighted by Crippen LogP contribution is 2.24. The number of nitrogens with two attached hydrogens (primary N) is 1. The number of carbonyl (C=O) groups excluding carboxylic acids is 1. The summed E-state index contributed by atoms with van der Waals surface area (Å²) in [4.78, 5) is 11.5. The molecule has 3 nitrogen and oxygen atoms in total. The van der Waals surface area contributed by atoms with E-state index < -0.39 is 0 Å². The van der Waals surface area contributed by atoms with Gasteiger partial charge < -0.3 is 11.1 Å². The number of benzene rings is 1. The first-order valence-electron chi connectivity index (χ1n) is 4.84. The molecule has 0 aliphatic rings. The van der Waals surface area contributed by atoms with Gasteiger partial charge in [-0.2, -0.15) is 0 Å². The Labute approximate surface area is 98.2 Å². The fourth-order valence-corrected chi connectivity index (χ4v) is 1.56. The normalized spacial score (nSPS) is 10.4.